The molecule has 96 valence electrons. The summed E-state index contributed by atoms with van der Waals surface area (Å²) in [5.74, 6) is -1.61. The van der Waals surface area contributed by atoms with Crippen LogP contribution in [0.15, 0.2) is 0 Å². The van der Waals surface area contributed by atoms with Gasteiger partial charge in [0.1, 0.15) is 24.4 Å². The van der Waals surface area contributed by atoms with Gasteiger partial charge in [-0.05, 0) is 0 Å². The molecule has 0 spiro atoms. The molecule has 0 bridgehead atoms. The molecule has 0 radical (unpaired) electrons. The van der Waals surface area contributed by atoms with Crippen molar-refractivity contribution in [2.75, 3.05) is 0 Å². The average Bonchev–Trinajstić information content (AvgIpc) is 2.23. The van der Waals surface area contributed by atoms with Crippen LogP contribution in [0.25, 0.3) is 0 Å². The van der Waals surface area contributed by atoms with E-state index in [2.05, 4.69) is 0 Å². The lowest BCUT2D eigenvalue weighted by Gasteiger charge is -2.26. The summed E-state index contributed by atoms with van der Waals surface area (Å²) in [4.78, 5) is 10.8. The van der Waals surface area contributed by atoms with Crippen molar-refractivity contribution in [2.24, 2.45) is 0 Å². The first kappa shape index (κ1) is 15.3. The molecule has 0 aliphatic carbocycles. The van der Waals surface area contributed by atoms with E-state index in [4.69, 9.17) is 40.9 Å². The van der Waals surface area contributed by atoms with Crippen LogP contribution in [0.3, 0.4) is 0 Å². The average molecular weight is 242 g/mol. The summed E-state index contributed by atoms with van der Waals surface area (Å²) >= 11 is 0. The number of ketones is 1. The van der Waals surface area contributed by atoms with Gasteiger partial charge in [0, 0.05) is 0 Å². The first-order valence-corrected chi connectivity index (χ1v) is 4.18. The zero-order valence-electron chi connectivity index (χ0n) is 7.95. The predicted molar refractivity (Wildman–Crippen MR) is 45.5 cm³/mol. The van der Waals surface area contributed by atoms with E-state index in [1.807, 2.05) is 0 Å². The van der Waals surface area contributed by atoms with Gasteiger partial charge in [-0.15, -0.1) is 0 Å². The fourth-order valence-electron chi connectivity index (χ4n) is 0.886. The molecule has 0 saturated heterocycles. The molecule has 16 heavy (non-hydrogen) atoms. The number of carbonyl (C=O) groups is 1. The van der Waals surface area contributed by atoms with Crippen LogP contribution in [0.1, 0.15) is 0 Å². The summed E-state index contributed by atoms with van der Waals surface area (Å²) in [6, 6.07) is 0. The molecule has 0 fully saturated rings. The zero-order chi connectivity index (χ0) is 13.0. The Morgan fingerprint density at radius 1 is 0.688 bits per heavy atom. The van der Waals surface area contributed by atoms with E-state index in [1.165, 1.54) is 0 Å². The van der Waals surface area contributed by atoms with Crippen molar-refractivity contribution in [2.45, 2.75) is 37.0 Å². The maximum absolute atomic E-state index is 10.8. The lowest BCUT2D eigenvalue weighted by molar-refractivity contribution is -0.194. The minimum Gasteiger partial charge on any atom is -0.387 e. The van der Waals surface area contributed by atoms with Crippen molar-refractivity contribution < 1.29 is 45.6 Å². The molecule has 4 atom stereocenters. The lowest BCUT2D eigenvalue weighted by atomic mass is 9.99. The minimum atomic E-state index is -2.56. The minimum absolute atomic E-state index is 1.61. The van der Waals surface area contributed by atoms with E-state index in [9.17, 15) is 4.79 Å². The Kier molecular flexibility index (Phi) is 5.92. The van der Waals surface area contributed by atoms with Crippen molar-refractivity contribution in [1.82, 2.24) is 0 Å². The molecule has 0 heterocycles. The van der Waals surface area contributed by atoms with Gasteiger partial charge in [-0.2, -0.15) is 0 Å². The van der Waals surface area contributed by atoms with Crippen molar-refractivity contribution in [3.8, 4) is 0 Å². The largest absolute Gasteiger partial charge is 0.387 e. The monoisotopic (exact) mass is 242 g/mol. The fraction of sp³-hybridized carbons (Fsp3) is 0.857. The van der Waals surface area contributed by atoms with Crippen LogP contribution in [0.2, 0.25) is 0 Å². The van der Waals surface area contributed by atoms with E-state index in [0.29, 0.717) is 0 Å². The second-order valence-corrected chi connectivity index (χ2v) is 3.11. The van der Waals surface area contributed by atoms with Gasteiger partial charge in [-0.25, -0.2) is 0 Å². The second kappa shape index (κ2) is 6.18. The van der Waals surface area contributed by atoms with E-state index in [0.717, 1.165) is 0 Å². The maximum atomic E-state index is 10.8. The van der Waals surface area contributed by atoms with E-state index in [1.54, 1.807) is 0 Å². The highest BCUT2D eigenvalue weighted by Crippen LogP contribution is 2.09. The fourth-order valence-corrected chi connectivity index (χ4v) is 0.886. The third-order valence-electron chi connectivity index (χ3n) is 1.87. The van der Waals surface area contributed by atoms with Gasteiger partial charge in [-0.3, -0.25) is 4.79 Å². The first-order valence-electron chi connectivity index (χ1n) is 4.18. The molecule has 0 aromatic rings. The summed E-state index contributed by atoms with van der Waals surface area (Å²) in [6.07, 6.45) is -14.1. The van der Waals surface area contributed by atoms with Gasteiger partial charge in [0.05, 0.1) is 0 Å². The topological polar surface area (TPSA) is 179 Å². The lowest BCUT2D eigenvalue weighted by Crippen LogP contribution is -2.52. The van der Waals surface area contributed by atoms with Crippen molar-refractivity contribution in [3.05, 3.63) is 0 Å². The number of hydrogen-bond acceptors (Lipinski definition) is 9. The van der Waals surface area contributed by atoms with Crippen LogP contribution < -0.4 is 0 Å². The molecule has 9 heteroatoms. The Balaban J connectivity index is 4.54. The van der Waals surface area contributed by atoms with Gasteiger partial charge < -0.3 is 40.9 Å². The summed E-state index contributed by atoms with van der Waals surface area (Å²) < 4.78 is 0. The van der Waals surface area contributed by atoms with Crippen LogP contribution in [0.5, 0.6) is 0 Å². The summed E-state index contributed by atoms with van der Waals surface area (Å²) in [7, 11) is 0. The summed E-state index contributed by atoms with van der Waals surface area (Å²) in [6.45, 7) is 0. The number of hydrogen-bond donors (Lipinski definition) is 8. The third-order valence-corrected chi connectivity index (χ3v) is 1.87. The normalized spacial score (nSPS) is 19.6. The highest BCUT2D eigenvalue weighted by atomic mass is 16.5. The molecule has 0 rings (SSSR count). The smallest absolute Gasteiger partial charge is 0.219 e. The van der Waals surface area contributed by atoms with Gasteiger partial charge >= 0.3 is 0 Å². The van der Waals surface area contributed by atoms with E-state index >= 15 is 0 Å². The van der Waals surface area contributed by atoms with Crippen molar-refractivity contribution in [1.29, 1.82) is 0 Å². The van der Waals surface area contributed by atoms with Crippen molar-refractivity contribution >= 4 is 5.78 Å². The van der Waals surface area contributed by atoms with E-state index in [-0.39, 0.29) is 0 Å². The SMILES string of the molecule is O=C(C(O)O)[C@@H](O)[C@H](O)[C@H](O)[C@H](O)C(O)O. The van der Waals surface area contributed by atoms with Gasteiger partial charge in [0.2, 0.25) is 12.1 Å². The van der Waals surface area contributed by atoms with Crippen LogP contribution in [0, 0.1) is 0 Å². The second-order valence-electron chi connectivity index (χ2n) is 3.11. The highest BCUT2D eigenvalue weighted by Gasteiger charge is 2.38. The Morgan fingerprint density at radius 2 is 1.12 bits per heavy atom. The molecule has 0 saturated carbocycles. The van der Waals surface area contributed by atoms with Crippen LogP contribution in [0.4, 0.5) is 0 Å². The molecular formula is C7H14O9. The quantitative estimate of drug-likeness (QED) is 0.211. The summed E-state index contributed by atoms with van der Waals surface area (Å²) in [5.41, 5.74) is 0. The van der Waals surface area contributed by atoms with Crippen LogP contribution in [-0.4, -0.2) is 83.6 Å². The Hall–Kier alpha value is -0.650. The molecular weight excluding hydrogens is 228 g/mol. The standard InChI is InChI=1S/C7H14O9/c8-1(2(9)4(11)6(13)14)3(10)5(12)7(15)16/h1-4,6-11,13-16H/t1-,2+,3+,4+/m1/s1. The third kappa shape index (κ3) is 3.73. The number of aliphatic hydroxyl groups excluding tert-OH is 6. The Bertz CT molecular complexity index is 228. The molecule has 0 aromatic heterocycles. The van der Waals surface area contributed by atoms with Gasteiger partial charge in [0.25, 0.3) is 0 Å². The molecule has 0 aliphatic heterocycles. The molecule has 8 N–H and O–H groups in total. The molecule has 0 aliphatic rings. The number of rotatable bonds is 6. The van der Waals surface area contributed by atoms with Crippen LogP contribution >= 0.6 is 0 Å². The molecule has 9 nitrogen and oxygen atoms in total. The van der Waals surface area contributed by atoms with Crippen molar-refractivity contribution in [3.63, 3.8) is 0 Å². The molecule has 0 unspecified atom stereocenters. The molecule has 0 amide bonds. The molecule has 0 aromatic carbocycles. The van der Waals surface area contributed by atoms with Crippen LogP contribution in [-0.2, 0) is 4.79 Å². The first-order chi connectivity index (χ1) is 7.20. The number of carbonyl (C=O) groups excluding carboxylic acids is 1. The maximum Gasteiger partial charge on any atom is 0.219 e. The highest BCUT2D eigenvalue weighted by molar-refractivity contribution is 5.86. The predicted octanol–water partition coefficient (Wildman–Crippen LogP) is -5.38. The van der Waals surface area contributed by atoms with Gasteiger partial charge in [0.15, 0.2) is 6.29 Å². The number of Topliss-reactive ketones (excluding diaryl/α,β-unsaturated/α-hetero) is 1. The summed E-state index contributed by atoms with van der Waals surface area (Å²) in [5, 5.41) is 69.6. The Morgan fingerprint density at radius 3 is 1.44 bits per heavy atom. The van der Waals surface area contributed by atoms with Gasteiger partial charge in [-0.1, -0.05) is 0 Å². The number of aliphatic hydroxyl groups is 8. The Labute approximate surface area is 89.4 Å². The van der Waals surface area contributed by atoms with E-state index < -0.39 is 42.8 Å². The zero-order valence-corrected chi connectivity index (χ0v) is 7.95.